The number of carboxylic acids is 1. The Morgan fingerprint density at radius 3 is 2.57 bits per heavy atom. The molecule has 1 aromatic rings. The molecule has 2 N–H and O–H groups in total. The highest BCUT2D eigenvalue weighted by Gasteiger charge is 2.55. The second-order valence-electron chi connectivity index (χ2n) is 6.09. The third kappa shape index (κ3) is 2.14. The van der Waals surface area contributed by atoms with Gasteiger partial charge < -0.3 is 24.2 Å². The van der Waals surface area contributed by atoms with Gasteiger partial charge in [-0.15, -0.1) is 0 Å². The lowest BCUT2D eigenvalue weighted by Crippen LogP contribution is -2.59. The van der Waals surface area contributed by atoms with Crippen LogP contribution in [0.3, 0.4) is 0 Å². The van der Waals surface area contributed by atoms with E-state index in [9.17, 15) is 9.90 Å². The van der Waals surface area contributed by atoms with Crippen LogP contribution in [0.5, 0.6) is 17.2 Å². The van der Waals surface area contributed by atoms with Crippen molar-refractivity contribution in [1.29, 1.82) is 0 Å². The average Bonchev–Trinajstić information content (AvgIpc) is 2.90. The molecule has 126 valence electrons. The molecule has 2 aliphatic heterocycles. The summed E-state index contributed by atoms with van der Waals surface area (Å²) in [7, 11) is 6.64. The second kappa shape index (κ2) is 5.58. The zero-order valence-corrected chi connectivity index (χ0v) is 13.8. The van der Waals surface area contributed by atoms with E-state index in [0.717, 1.165) is 11.1 Å². The van der Waals surface area contributed by atoms with Gasteiger partial charge in [-0.3, -0.25) is 10.1 Å². The maximum absolute atomic E-state index is 12.0. The van der Waals surface area contributed by atoms with Gasteiger partial charge in [0.1, 0.15) is 5.54 Å². The van der Waals surface area contributed by atoms with E-state index >= 15 is 0 Å². The predicted octanol–water partition coefficient (Wildman–Crippen LogP) is 0.668. The van der Waals surface area contributed by atoms with Crippen LogP contribution in [-0.4, -0.2) is 63.0 Å². The molecule has 1 fully saturated rings. The summed E-state index contributed by atoms with van der Waals surface area (Å²) < 4.78 is 16.4. The number of nitrogens with one attached hydrogen (secondary N) is 1. The van der Waals surface area contributed by atoms with Gasteiger partial charge in [-0.25, -0.2) is 0 Å². The van der Waals surface area contributed by atoms with Crippen LogP contribution in [-0.2, 0) is 11.3 Å². The lowest BCUT2D eigenvalue weighted by Gasteiger charge is -2.38. The number of carboxylic acid groups (broad SMARTS) is 1. The Labute approximate surface area is 135 Å². The minimum Gasteiger partial charge on any atom is -0.493 e. The molecule has 0 saturated carbocycles. The normalized spacial score (nSPS) is 26.3. The van der Waals surface area contributed by atoms with Gasteiger partial charge in [0.15, 0.2) is 11.5 Å². The summed E-state index contributed by atoms with van der Waals surface area (Å²) in [6.07, 6.45) is 0. The summed E-state index contributed by atoms with van der Waals surface area (Å²) >= 11 is 0. The first-order valence-electron chi connectivity index (χ1n) is 7.47. The largest absolute Gasteiger partial charge is 0.493 e. The van der Waals surface area contributed by atoms with Crippen LogP contribution >= 0.6 is 0 Å². The molecule has 1 saturated heterocycles. The number of rotatable bonds is 4. The van der Waals surface area contributed by atoms with Gasteiger partial charge in [0.2, 0.25) is 5.75 Å². The van der Waals surface area contributed by atoms with E-state index in [1.54, 1.807) is 21.3 Å². The first kappa shape index (κ1) is 15.9. The standard InChI is InChI=1S/C16H22N2O5/c1-18-7-11-9-5-12(21-2)14(23-4)13(22-3)10(9)6-17-16(11,8-18)15(19)20/h5,11,17H,6-8H2,1-4H3,(H,19,20). The number of likely N-dealkylation sites (N-methyl/N-ethyl adjacent to an activating group) is 1. The number of likely N-dealkylation sites (tertiary alicyclic amines) is 1. The van der Waals surface area contributed by atoms with E-state index in [4.69, 9.17) is 14.2 Å². The van der Waals surface area contributed by atoms with Crippen molar-refractivity contribution in [3.8, 4) is 17.2 Å². The Morgan fingerprint density at radius 2 is 2.00 bits per heavy atom. The first-order valence-corrected chi connectivity index (χ1v) is 7.47. The molecule has 2 heterocycles. The van der Waals surface area contributed by atoms with Crippen molar-refractivity contribution in [2.75, 3.05) is 41.5 Å². The Kier molecular flexibility index (Phi) is 3.85. The number of nitrogens with zero attached hydrogens (tertiary/aromatic N) is 1. The Bertz CT molecular complexity index is 648. The fourth-order valence-electron chi connectivity index (χ4n) is 3.88. The quantitative estimate of drug-likeness (QED) is 0.843. The molecule has 7 nitrogen and oxygen atoms in total. The van der Waals surface area contributed by atoms with Gasteiger partial charge in [-0.2, -0.15) is 0 Å². The molecule has 0 spiro atoms. The Balaban J connectivity index is 2.21. The molecule has 3 rings (SSSR count). The molecule has 7 heteroatoms. The smallest absolute Gasteiger partial charge is 0.325 e. The third-order valence-electron chi connectivity index (χ3n) is 4.91. The van der Waals surface area contributed by atoms with E-state index in [0.29, 0.717) is 36.9 Å². The number of methoxy groups -OCH3 is 3. The van der Waals surface area contributed by atoms with Crippen molar-refractivity contribution >= 4 is 5.97 Å². The molecule has 0 aliphatic carbocycles. The van der Waals surface area contributed by atoms with Crippen molar-refractivity contribution in [2.45, 2.75) is 18.0 Å². The van der Waals surface area contributed by atoms with Gasteiger partial charge in [0.05, 0.1) is 21.3 Å². The molecule has 1 aromatic carbocycles. The third-order valence-corrected chi connectivity index (χ3v) is 4.91. The lowest BCUT2D eigenvalue weighted by atomic mass is 9.76. The molecular weight excluding hydrogens is 300 g/mol. The number of hydrogen-bond donors (Lipinski definition) is 2. The summed E-state index contributed by atoms with van der Waals surface area (Å²) in [5, 5.41) is 13.0. The molecule has 0 aromatic heterocycles. The van der Waals surface area contributed by atoms with E-state index in [1.807, 2.05) is 18.0 Å². The minimum absolute atomic E-state index is 0.178. The van der Waals surface area contributed by atoms with Crippen molar-refractivity contribution in [3.63, 3.8) is 0 Å². The van der Waals surface area contributed by atoms with Crippen molar-refractivity contribution in [2.24, 2.45) is 0 Å². The van der Waals surface area contributed by atoms with Crippen molar-refractivity contribution in [3.05, 3.63) is 17.2 Å². The summed E-state index contributed by atoms with van der Waals surface area (Å²) in [5.74, 6) is 0.681. The van der Waals surface area contributed by atoms with Gasteiger partial charge in [-0.05, 0) is 18.7 Å². The summed E-state index contributed by atoms with van der Waals surface area (Å²) in [4.78, 5) is 14.0. The Morgan fingerprint density at radius 1 is 1.30 bits per heavy atom. The monoisotopic (exact) mass is 322 g/mol. The van der Waals surface area contributed by atoms with Crippen LogP contribution < -0.4 is 19.5 Å². The molecule has 2 atom stereocenters. The number of fused-ring (bicyclic) bond motifs is 3. The van der Waals surface area contributed by atoms with Crippen LogP contribution in [0.15, 0.2) is 6.07 Å². The molecule has 0 bridgehead atoms. The van der Waals surface area contributed by atoms with Gasteiger partial charge in [0.25, 0.3) is 0 Å². The number of benzene rings is 1. The van der Waals surface area contributed by atoms with Crippen LogP contribution in [0.25, 0.3) is 0 Å². The topological polar surface area (TPSA) is 80.3 Å². The molecular formula is C16H22N2O5. The average molecular weight is 322 g/mol. The predicted molar refractivity (Wildman–Crippen MR) is 83.5 cm³/mol. The first-order chi connectivity index (χ1) is 11.0. The number of hydrogen-bond acceptors (Lipinski definition) is 6. The maximum atomic E-state index is 12.0. The van der Waals surface area contributed by atoms with Crippen LogP contribution in [0.4, 0.5) is 0 Å². The number of aliphatic carboxylic acids is 1. The zero-order valence-electron chi connectivity index (χ0n) is 13.8. The fraction of sp³-hybridized carbons (Fsp3) is 0.562. The summed E-state index contributed by atoms with van der Waals surface area (Å²) in [5.41, 5.74) is 0.902. The second-order valence-corrected chi connectivity index (χ2v) is 6.09. The van der Waals surface area contributed by atoms with Crippen molar-refractivity contribution < 1.29 is 24.1 Å². The molecule has 2 aliphatic rings. The maximum Gasteiger partial charge on any atom is 0.325 e. The molecule has 2 unspecified atom stereocenters. The molecule has 0 amide bonds. The molecule has 0 radical (unpaired) electrons. The van der Waals surface area contributed by atoms with Crippen LogP contribution in [0, 0.1) is 0 Å². The van der Waals surface area contributed by atoms with Crippen molar-refractivity contribution in [1.82, 2.24) is 10.2 Å². The minimum atomic E-state index is -0.980. The summed E-state index contributed by atoms with van der Waals surface area (Å²) in [6.45, 7) is 1.53. The lowest BCUT2D eigenvalue weighted by molar-refractivity contribution is -0.145. The van der Waals surface area contributed by atoms with Gasteiger partial charge in [0, 0.05) is 31.1 Å². The highest BCUT2D eigenvalue weighted by molar-refractivity contribution is 5.83. The van der Waals surface area contributed by atoms with E-state index in [2.05, 4.69) is 5.32 Å². The molecule has 23 heavy (non-hydrogen) atoms. The number of carbonyl (C=O) groups is 1. The van der Waals surface area contributed by atoms with E-state index in [1.165, 1.54) is 0 Å². The van der Waals surface area contributed by atoms with Gasteiger partial charge >= 0.3 is 5.97 Å². The van der Waals surface area contributed by atoms with Crippen LogP contribution in [0.1, 0.15) is 17.0 Å². The fourth-order valence-corrected chi connectivity index (χ4v) is 3.88. The Hall–Kier alpha value is -1.99. The highest BCUT2D eigenvalue weighted by Crippen LogP contribution is 2.49. The highest BCUT2D eigenvalue weighted by atomic mass is 16.5. The van der Waals surface area contributed by atoms with Crippen LogP contribution in [0.2, 0.25) is 0 Å². The van der Waals surface area contributed by atoms with E-state index < -0.39 is 11.5 Å². The zero-order chi connectivity index (χ0) is 16.8. The van der Waals surface area contributed by atoms with Gasteiger partial charge in [-0.1, -0.05) is 0 Å². The SMILES string of the molecule is COc1cc2c(c(OC)c1OC)CNC1(C(=O)O)CN(C)CC21. The van der Waals surface area contributed by atoms with E-state index in [-0.39, 0.29) is 5.92 Å². The number of ether oxygens (including phenoxy) is 3. The summed E-state index contributed by atoms with van der Waals surface area (Å²) in [6, 6.07) is 1.89.